The van der Waals surface area contributed by atoms with E-state index >= 15 is 0 Å². The SMILES string of the molecule is C[Si](C)(C)OC[C@H]1OC(O)C[C@@H]1O[Si](C)(C)C. The molecule has 1 rings (SSSR count). The summed E-state index contributed by atoms with van der Waals surface area (Å²) in [5.74, 6) is 0. The first-order valence-corrected chi connectivity index (χ1v) is 13.0. The van der Waals surface area contributed by atoms with Crippen molar-refractivity contribution in [3.05, 3.63) is 0 Å². The van der Waals surface area contributed by atoms with E-state index in [-0.39, 0.29) is 12.2 Å². The highest BCUT2D eigenvalue weighted by Crippen LogP contribution is 2.25. The van der Waals surface area contributed by atoms with Crippen LogP contribution in [0, 0.1) is 0 Å². The zero-order valence-corrected chi connectivity index (χ0v) is 13.8. The van der Waals surface area contributed by atoms with Gasteiger partial charge in [0.1, 0.15) is 6.10 Å². The quantitative estimate of drug-likeness (QED) is 0.783. The molecule has 0 saturated carbocycles. The third-order valence-corrected chi connectivity index (χ3v) is 4.41. The van der Waals surface area contributed by atoms with Crippen LogP contribution < -0.4 is 0 Å². The van der Waals surface area contributed by atoms with Gasteiger partial charge in [-0.3, -0.25) is 0 Å². The Bertz CT molecular complexity index is 247. The summed E-state index contributed by atoms with van der Waals surface area (Å²) in [7, 11) is -3.14. The van der Waals surface area contributed by atoms with E-state index in [0.29, 0.717) is 13.0 Å². The molecule has 0 spiro atoms. The maximum atomic E-state index is 9.57. The standard InChI is InChI=1S/C11H26O4Si2/c1-16(2,3)13-8-10-9(7-11(12)14-10)15-17(4,5)6/h9-12H,7-8H2,1-6H3/t9-,10+,11?/m0/s1. The van der Waals surface area contributed by atoms with Crippen LogP contribution >= 0.6 is 0 Å². The van der Waals surface area contributed by atoms with Gasteiger partial charge in [0.2, 0.25) is 0 Å². The molecule has 6 heteroatoms. The molecule has 0 aliphatic carbocycles. The smallest absolute Gasteiger partial charge is 0.184 e. The molecule has 1 saturated heterocycles. The fraction of sp³-hybridized carbons (Fsp3) is 1.00. The molecule has 0 aromatic carbocycles. The third-order valence-electron chi connectivity index (χ3n) is 2.37. The number of aliphatic hydroxyl groups is 1. The summed E-state index contributed by atoms with van der Waals surface area (Å²) in [6.45, 7) is 13.4. The summed E-state index contributed by atoms with van der Waals surface area (Å²) in [5, 5.41) is 9.57. The summed E-state index contributed by atoms with van der Waals surface area (Å²) in [6, 6.07) is 0. The molecule has 0 bridgehead atoms. The fourth-order valence-electron chi connectivity index (χ4n) is 1.75. The van der Waals surface area contributed by atoms with Crippen molar-refractivity contribution in [2.45, 2.75) is 64.2 Å². The van der Waals surface area contributed by atoms with Crippen molar-refractivity contribution in [2.75, 3.05) is 6.61 Å². The summed E-state index contributed by atoms with van der Waals surface area (Å²) in [6.07, 6.45) is -0.285. The fourth-order valence-corrected chi connectivity index (χ4v) is 3.57. The maximum Gasteiger partial charge on any atom is 0.184 e. The highest BCUT2D eigenvalue weighted by molar-refractivity contribution is 6.70. The highest BCUT2D eigenvalue weighted by atomic mass is 28.4. The summed E-state index contributed by atoms with van der Waals surface area (Å²) < 4.78 is 17.3. The molecule has 3 atom stereocenters. The molecule has 17 heavy (non-hydrogen) atoms. The van der Waals surface area contributed by atoms with Crippen molar-refractivity contribution in [2.24, 2.45) is 0 Å². The Labute approximate surface area is 107 Å². The molecule has 0 aromatic heterocycles. The van der Waals surface area contributed by atoms with E-state index in [4.69, 9.17) is 13.6 Å². The van der Waals surface area contributed by atoms with E-state index in [1.165, 1.54) is 0 Å². The minimum atomic E-state index is -1.60. The molecule has 102 valence electrons. The predicted molar refractivity (Wildman–Crippen MR) is 73.0 cm³/mol. The largest absolute Gasteiger partial charge is 0.415 e. The zero-order valence-electron chi connectivity index (χ0n) is 11.8. The van der Waals surface area contributed by atoms with Gasteiger partial charge in [0.15, 0.2) is 22.9 Å². The Morgan fingerprint density at radius 3 is 2.18 bits per heavy atom. The lowest BCUT2D eigenvalue weighted by Gasteiger charge is -2.28. The summed E-state index contributed by atoms with van der Waals surface area (Å²) in [4.78, 5) is 0. The Kier molecular flexibility index (Phi) is 4.96. The number of hydrogen-bond acceptors (Lipinski definition) is 4. The third kappa shape index (κ3) is 6.12. The first kappa shape index (κ1) is 15.3. The second-order valence-corrected chi connectivity index (χ2v) is 15.5. The van der Waals surface area contributed by atoms with Crippen LogP contribution in [0.4, 0.5) is 0 Å². The minimum Gasteiger partial charge on any atom is -0.415 e. The number of rotatable bonds is 5. The van der Waals surface area contributed by atoms with Crippen molar-refractivity contribution in [1.29, 1.82) is 0 Å². The molecule has 0 amide bonds. The minimum absolute atomic E-state index is 0.0204. The van der Waals surface area contributed by atoms with Crippen LogP contribution in [0.15, 0.2) is 0 Å². The van der Waals surface area contributed by atoms with Crippen molar-refractivity contribution >= 4 is 16.6 Å². The van der Waals surface area contributed by atoms with E-state index in [9.17, 15) is 5.11 Å². The Balaban J connectivity index is 2.51. The number of aliphatic hydroxyl groups excluding tert-OH is 1. The van der Waals surface area contributed by atoms with Crippen LogP contribution in [0.1, 0.15) is 6.42 Å². The number of hydrogen-bond donors (Lipinski definition) is 1. The molecule has 1 aliphatic heterocycles. The monoisotopic (exact) mass is 278 g/mol. The van der Waals surface area contributed by atoms with Crippen LogP contribution in [0.3, 0.4) is 0 Å². The predicted octanol–water partition coefficient (Wildman–Crippen LogP) is 2.17. The van der Waals surface area contributed by atoms with Gasteiger partial charge in [0.05, 0.1) is 12.7 Å². The molecular weight excluding hydrogens is 252 g/mol. The van der Waals surface area contributed by atoms with Gasteiger partial charge in [0, 0.05) is 6.42 Å². The molecule has 1 heterocycles. The second-order valence-electron chi connectivity index (χ2n) is 6.56. The Morgan fingerprint density at radius 1 is 1.12 bits per heavy atom. The van der Waals surface area contributed by atoms with Gasteiger partial charge >= 0.3 is 0 Å². The van der Waals surface area contributed by atoms with Gasteiger partial charge in [0.25, 0.3) is 0 Å². The lowest BCUT2D eigenvalue weighted by atomic mass is 10.2. The lowest BCUT2D eigenvalue weighted by Crippen LogP contribution is -2.40. The molecule has 1 fully saturated rings. The van der Waals surface area contributed by atoms with Crippen molar-refractivity contribution in [1.82, 2.24) is 0 Å². The van der Waals surface area contributed by atoms with Gasteiger partial charge in [-0.05, 0) is 39.3 Å². The molecule has 1 unspecified atom stereocenters. The average Bonchev–Trinajstić information content (AvgIpc) is 2.38. The normalized spacial score (nSPS) is 30.9. The van der Waals surface area contributed by atoms with Crippen LogP contribution in [0.2, 0.25) is 39.3 Å². The molecular formula is C11H26O4Si2. The lowest BCUT2D eigenvalue weighted by molar-refractivity contribution is -0.104. The van der Waals surface area contributed by atoms with Crippen LogP contribution in [-0.2, 0) is 13.6 Å². The molecule has 4 nitrogen and oxygen atoms in total. The average molecular weight is 278 g/mol. The van der Waals surface area contributed by atoms with Gasteiger partial charge in [-0.15, -0.1) is 0 Å². The van der Waals surface area contributed by atoms with E-state index in [0.717, 1.165) is 0 Å². The van der Waals surface area contributed by atoms with E-state index in [2.05, 4.69) is 39.3 Å². The van der Waals surface area contributed by atoms with E-state index in [1.807, 2.05) is 0 Å². The Morgan fingerprint density at radius 2 is 1.71 bits per heavy atom. The van der Waals surface area contributed by atoms with Crippen LogP contribution in [0.25, 0.3) is 0 Å². The van der Waals surface area contributed by atoms with Crippen LogP contribution in [0.5, 0.6) is 0 Å². The number of ether oxygens (including phenoxy) is 1. The maximum absolute atomic E-state index is 9.57. The van der Waals surface area contributed by atoms with E-state index < -0.39 is 22.9 Å². The molecule has 0 radical (unpaired) electrons. The van der Waals surface area contributed by atoms with Crippen molar-refractivity contribution in [3.63, 3.8) is 0 Å². The highest BCUT2D eigenvalue weighted by Gasteiger charge is 2.38. The van der Waals surface area contributed by atoms with E-state index in [1.54, 1.807) is 0 Å². The van der Waals surface area contributed by atoms with Gasteiger partial charge < -0.3 is 18.7 Å². The molecule has 0 aromatic rings. The summed E-state index contributed by atoms with van der Waals surface area (Å²) in [5.41, 5.74) is 0. The van der Waals surface area contributed by atoms with Crippen molar-refractivity contribution < 1.29 is 18.7 Å². The summed E-state index contributed by atoms with van der Waals surface area (Å²) >= 11 is 0. The molecule has 1 N–H and O–H groups in total. The first-order chi connectivity index (χ1) is 7.57. The zero-order chi connectivity index (χ0) is 13.3. The first-order valence-electron chi connectivity index (χ1n) is 6.22. The van der Waals surface area contributed by atoms with Gasteiger partial charge in [-0.2, -0.15) is 0 Å². The second kappa shape index (κ2) is 5.50. The Hall–Kier alpha value is 0.274. The van der Waals surface area contributed by atoms with Gasteiger partial charge in [-0.1, -0.05) is 0 Å². The van der Waals surface area contributed by atoms with Crippen molar-refractivity contribution in [3.8, 4) is 0 Å². The molecule has 1 aliphatic rings. The topological polar surface area (TPSA) is 47.9 Å². The van der Waals surface area contributed by atoms with Crippen LogP contribution in [-0.4, -0.2) is 46.8 Å². The van der Waals surface area contributed by atoms with Gasteiger partial charge in [-0.25, -0.2) is 0 Å².